The van der Waals surface area contributed by atoms with Gasteiger partial charge in [-0.3, -0.25) is 9.59 Å². The molecule has 1 aliphatic rings. The second-order valence-corrected chi connectivity index (χ2v) is 6.77. The SMILES string of the molecule is CNC(=O)c1cc(C(=O)NCCCN)cc2c1OC[C@]2(CO)c1ccccc1. The number of nitrogens with two attached hydrogens (primary N) is 1. The number of carbonyl (C=O) groups excluding carboxylic acids is 2. The first kappa shape index (κ1) is 19.9. The van der Waals surface area contributed by atoms with E-state index < -0.39 is 5.41 Å². The van der Waals surface area contributed by atoms with Crippen LogP contribution in [0.3, 0.4) is 0 Å². The molecule has 2 aromatic carbocycles. The maximum absolute atomic E-state index is 12.6. The molecule has 2 aromatic rings. The first-order chi connectivity index (χ1) is 13.6. The van der Waals surface area contributed by atoms with Crippen LogP contribution < -0.4 is 21.1 Å². The van der Waals surface area contributed by atoms with Crippen LogP contribution in [0.2, 0.25) is 0 Å². The lowest BCUT2D eigenvalue weighted by Crippen LogP contribution is -2.34. The van der Waals surface area contributed by atoms with Crippen molar-refractivity contribution in [2.24, 2.45) is 5.73 Å². The maximum atomic E-state index is 12.6. The Kier molecular flexibility index (Phi) is 5.96. The van der Waals surface area contributed by atoms with Gasteiger partial charge in [-0.1, -0.05) is 30.3 Å². The summed E-state index contributed by atoms with van der Waals surface area (Å²) >= 11 is 0. The van der Waals surface area contributed by atoms with Crippen molar-refractivity contribution in [2.45, 2.75) is 11.8 Å². The molecule has 0 saturated carbocycles. The fourth-order valence-electron chi connectivity index (χ4n) is 3.47. The van der Waals surface area contributed by atoms with Gasteiger partial charge in [0.25, 0.3) is 11.8 Å². The number of ether oxygens (including phenoxy) is 1. The molecule has 7 heteroatoms. The topological polar surface area (TPSA) is 114 Å². The summed E-state index contributed by atoms with van der Waals surface area (Å²) in [4.78, 5) is 25.1. The van der Waals surface area contributed by atoms with Gasteiger partial charge < -0.3 is 26.2 Å². The highest BCUT2D eigenvalue weighted by Gasteiger charge is 2.44. The van der Waals surface area contributed by atoms with Crippen molar-refractivity contribution >= 4 is 11.8 Å². The molecule has 0 aliphatic carbocycles. The van der Waals surface area contributed by atoms with Crippen LogP contribution in [0.15, 0.2) is 42.5 Å². The van der Waals surface area contributed by atoms with Gasteiger partial charge in [-0.15, -0.1) is 0 Å². The van der Waals surface area contributed by atoms with E-state index in [0.29, 0.717) is 36.4 Å². The highest BCUT2D eigenvalue weighted by atomic mass is 16.5. The summed E-state index contributed by atoms with van der Waals surface area (Å²) < 4.78 is 5.88. The Morgan fingerprint density at radius 1 is 1.21 bits per heavy atom. The minimum atomic E-state index is -0.840. The van der Waals surface area contributed by atoms with Crippen LogP contribution in [-0.2, 0) is 5.41 Å². The summed E-state index contributed by atoms with van der Waals surface area (Å²) in [6, 6.07) is 12.7. The number of amides is 2. The van der Waals surface area contributed by atoms with E-state index in [1.807, 2.05) is 30.3 Å². The molecule has 1 aliphatic heterocycles. The molecule has 148 valence electrons. The van der Waals surface area contributed by atoms with Gasteiger partial charge >= 0.3 is 0 Å². The molecule has 0 radical (unpaired) electrons. The Hall–Kier alpha value is -2.90. The average molecular weight is 383 g/mol. The third-order valence-electron chi connectivity index (χ3n) is 5.06. The Bertz CT molecular complexity index is 869. The largest absolute Gasteiger partial charge is 0.491 e. The molecule has 0 saturated heterocycles. The summed E-state index contributed by atoms with van der Waals surface area (Å²) in [6.45, 7) is 0.895. The maximum Gasteiger partial charge on any atom is 0.254 e. The average Bonchev–Trinajstić information content (AvgIpc) is 3.13. The molecule has 5 N–H and O–H groups in total. The Morgan fingerprint density at radius 3 is 2.61 bits per heavy atom. The molecular formula is C21H25N3O4. The summed E-state index contributed by atoms with van der Waals surface area (Å²) in [7, 11) is 1.52. The highest BCUT2D eigenvalue weighted by Crippen LogP contribution is 2.45. The third-order valence-corrected chi connectivity index (χ3v) is 5.06. The number of nitrogens with one attached hydrogen (secondary N) is 2. The molecule has 0 aromatic heterocycles. The Balaban J connectivity index is 2.12. The number of rotatable bonds is 7. The van der Waals surface area contributed by atoms with Gasteiger partial charge in [-0.25, -0.2) is 0 Å². The van der Waals surface area contributed by atoms with Crippen LogP contribution in [0.25, 0.3) is 0 Å². The minimum Gasteiger partial charge on any atom is -0.491 e. The molecule has 1 atom stereocenters. The standard InChI is InChI=1S/C21H25N3O4/c1-23-20(27)16-10-14(19(26)24-9-5-8-22)11-17-18(16)28-13-21(17,12-25)15-6-3-2-4-7-15/h2-4,6-7,10-11,25H,5,8-9,12-13,22H2,1H3,(H,23,27)(H,24,26)/t21-/m1/s1. The minimum absolute atomic E-state index is 0.186. The second kappa shape index (κ2) is 8.41. The predicted molar refractivity (Wildman–Crippen MR) is 106 cm³/mol. The summed E-state index contributed by atoms with van der Waals surface area (Å²) in [6.07, 6.45) is 0.659. The number of aliphatic hydroxyl groups is 1. The molecule has 7 nitrogen and oxygen atoms in total. The number of carbonyl (C=O) groups is 2. The van der Waals surface area contributed by atoms with Gasteiger partial charge in [0.2, 0.25) is 0 Å². The second-order valence-electron chi connectivity index (χ2n) is 6.77. The van der Waals surface area contributed by atoms with Crippen LogP contribution in [0.5, 0.6) is 5.75 Å². The van der Waals surface area contributed by atoms with E-state index in [4.69, 9.17) is 10.5 Å². The van der Waals surface area contributed by atoms with Crippen molar-refractivity contribution in [3.63, 3.8) is 0 Å². The Morgan fingerprint density at radius 2 is 1.96 bits per heavy atom. The first-order valence-corrected chi connectivity index (χ1v) is 9.25. The van der Waals surface area contributed by atoms with Gasteiger partial charge in [0, 0.05) is 24.7 Å². The molecule has 2 amide bonds. The zero-order chi connectivity index (χ0) is 20.1. The van der Waals surface area contributed by atoms with Crippen molar-refractivity contribution in [3.8, 4) is 5.75 Å². The van der Waals surface area contributed by atoms with Gasteiger partial charge in [0.1, 0.15) is 12.4 Å². The zero-order valence-corrected chi connectivity index (χ0v) is 15.8. The molecule has 0 fully saturated rings. The molecule has 3 rings (SSSR count). The van der Waals surface area contributed by atoms with Crippen molar-refractivity contribution in [1.29, 1.82) is 0 Å². The lowest BCUT2D eigenvalue weighted by atomic mass is 9.76. The highest BCUT2D eigenvalue weighted by molar-refractivity contribution is 6.02. The molecule has 0 bridgehead atoms. The number of benzene rings is 2. The molecule has 1 heterocycles. The van der Waals surface area contributed by atoms with Crippen molar-refractivity contribution in [3.05, 3.63) is 64.7 Å². The first-order valence-electron chi connectivity index (χ1n) is 9.25. The van der Waals surface area contributed by atoms with Gasteiger partial charge in [0.15, 0.2) is 0 Å². The normalized spacial score (nSPS) is 17.5. The molecule has 0 spiro atoms. The smallest absolute Gasteiger partial charge is 0.254 e. The van der Waals surface area contributed by atoms with Gasteiger partial charge in [-0.05, 0) is 30.7 Å². The van der Waals surface area contributed by atoms with Crippen LogP contribution in [-0.4, -0.2) is 50.3 Å². The van der Waals surface area contributed by atoms with Crippen LogP contribution in [0.1, 0.15) is 38.3 Å². The number of fused-ring (bicyclic) bond motifs is 1. The van der Waals surface area contributed by atoms with Crippen LogP contribution in [0, 0.1) is 0 Å². The van der Waals surface area contributed by atoms with Crippen LogP contribution >= 0.6 is 0 Å². The van der Waals surface area contributed by atoms with Crippen molar-refractivity contribution in [1.82, 2.24) is 10.6 Å². The van der Waals surface area contributed by atoms with Gasteiger partial charge in [-0.2, -0.15) is 0 Å². The van der Waals surface area contributed by atoms with Crippen molar-refractivity contribution in [2.75, 3.05) is 33.4 Å². The van der Waals surface area contributed by atoms with E-state index in [0.717, 1.165) is 5.56 Å². The number of aliphatic hydroxyl groups excluding tert-OH is 1. The number of hydrogen-bond acceptors (Lipinski definition) is 5. The summed E-state index contributed by atoms with van der Waals surface area (Å²) in [5, 5.41) is 15.7. The van der Waals surface area contributed by atoms with Crippen LogP contribution in [0.4, 0.5) is 0 Å². The molecular weight excluding hydrogens is 358 g/mol. The third kappa shape index (κ3) is 3.46. The Labute approximate surface area is 163 Å². The van der Waals surface area contributed by atoms with E-state index in [1.165, 1.54) is 13.1 Å². The molecule has 28 heavy (non-hydrogen) atoms. The fourth-order valence-corrected chi connectivity index (χ4v) is 3.47. The van der Waals surface area contributed by atoms with E-state index in [2.05, 4.69) is 10.6 Å². The summed E-state index contributed by atoms with van der Waals surface area (Å²) in [5.41, 5.74) is 6.74. The zero-order valence-electron chi connectivity index (χ0n) is 15.8. The fraction of sp³-hybridized carbons (Fsp3) is 0.333. The predicted octanol–water partition coefficient (Wildman–Crippen LogP) is 0.796. The quantitative estimate of drug-likeness (QED) is 0.528. The molecule has 0 unspecified atom stereocenters. The number of hydrogen-bond donors (Lipinski definition) is 4. The van der Waals surface area contributed by atoms with Crippen molar-refractivity contribution < 1.29 is 19.4 Å². The van der Waals surface area contributed by atoms with E-state index in [9.17, 15) is 14.7 Å². The monoisotopic (exact) mass is 383 g/mol. The van der Waals surface area contributed by atoms with E-state index >= 15 is 0 Å². The van der Waals surface area contributed by atoms with E-state index in [-0.39, 0.29) is 30.6 Å². The van der Waals surface area contributed by atoms with E-state index in [1.54, 1.807) is 6.07 Å². The summed E-state index contributed by atoms with van der Waals surface area (Å²) in [5.74, 6) is -0.251. The lowest BCUT2D eigenvalue weighted by Gasteiger charge is -2.26. The van der Waals surface area contributed by atoms with Gasteiger partial charge in [0.05, 0.1) is 17.6 Å². The lowest BCUT2D eigenvalue weighted by molar-refractivity contribution is 0.0953.